The topological polar surface area (TPSA) is 9.23 Å². The van der Waals surface area contributed by atoms with E-state index in [4.69, 9.17) is 11.9 Å². The maximum atomic E-state index is 5.19. The van der Waals surface area contributed by atoms with Crippen LogP contribution in [0.4, 0.5) is 0 Å². The average molecular weight is 179 g/mol. The number of rotatable bonds is 7. The van der Waals surface area contributed by atoms with E-state index < -0.39 is 0 Å². The Morgan fingerprint density at radius 2 is 1.82 bits per heavy atom. The van der Waals surface area contributed by atoms with Crippen molar-refractivity contribution in [1.82, 2.24) is 0 Å². The molecule has 0 bridgehead atoms. The first kappa shape index (κ1) is 11.2. The van der Waals surface area contributed by atoms with Gasteiger partial charge in [-0.05, 0) is 13.3 Å². The fraction of sp³-hybridized carbons (Fsp3) is 1.00. The number of halogens is 1. The molecule has 11 heavy (non-hydrogen) atoms. The van der Waals surface area contributed by atoms with E-state index in [2.05, 4.69) is 11.2 Å². The monoisotopic (exact) mass is 178 g/mol. The zero-order valence-electron chi connectivity index (χ0n) is 7.61. The van der Waals surface area contributed by atoms with Crippen LogP contribution in [0.1, 0.15) is 52.4 Å². The summed E-state index contributed by atoms with van der Waals surface area (Å²) < 4.78 is 4.63. The lowest BCUT2D eigenvalue weighted by molar-refractivity contribution is 0.228. The van der Waals surface area contributed by atoms with Gasteiger partial charge in [0.2, 0.25) is 0 Å². The van der Waals surface area contributed by atoms with Gasteiger partial charge < -0.3 is 0 Å². The molecular formula is C9H19ClO. The Hall–Kier alpha value is 0.250. The largest absolute Gasteiger partial charge is 0.276 e. The molecule has 0 aliphatic carbocycles. The highest BCUT2D eigenvalue weighted by Crippen LogP contribution is 2.09. The van der Waals surface area contributed by atoms with Gasteiger partial charge in [0.25, 0.3) is 0 Å². The second-order valence-electron chi connectivity index (χ2n) is 3.10. The molecule has 1 atom stereocenters. The molecule has 0 aromatic rings. The Balaban J connectivity index is 2.89. The van der Waals surface area contributed by atoms with Crippen molar-refractivity contribution in [3.63, 3.8) is 0 Å². The molecule has 0 heterocycles. The van der Waals surface area contributed by atoms with E-state index in [1.807, 2.05) is 6.92 Å². The van der Waals surface area contributed by atoms with E-state index in [0.717, 1.165) is 6.42 Å². The van der Waals surface area contributed by atoms with Gasteiger partial charge in [0, 0.05) is 0 Å². The highest BCUT2D eigenvalue weighted by molar-refractivity contribution is 6.07. The molecule has 0 saturated carbocycles. The van der Waals surface area contributed by atoms with Crippen LogP contribution in [-0.4, -0.2) is 6.10 Å². The first-order valence-corrected chi connectivity index (χ1v) is 4.89. The Morgan fingerprint density at radius 3 is 2.36 bits per heavy atom. The van der Waals surface area contributed by atoms with Crippen molar-refractivity contribution in [3.05, 3.63) is 0 Å². The first-order chi connectivity index (χ1) is 5.31. The van der Waals surface area contributed by atoms with Gasteiger partial charge in [0.05, 0.1) is 18.0 Å². The summed E-state index contributed by atoms with van der Waals surface area (Å²) in [5, 5.41) is 0. The van der Waals surface area contributed by atoms with E-state index >= 15 is 0 Å². The van der Waals surface area contributed by atoms with Crippen molar-refractivity contribution in [2.24, 2.45) is 0 Å². The van der Waals surface area contributed by atoms with Crippen LogP contribution in [0.2, 0.25) is 0 Å². The van der Waals surface area contributed by atoms with Gasteiger partial charge >= 0.3 is 0 Å². The molecule has 0 aliphatic rings. The molecule has 68 valence electrons. The van der Waals surface area contributed by atoms with Crippen LogP contribution in [0, 0.1) is 0 Å². The molecule has 0 amide bonds. The van der Waals surface area contributed by atoms with Gasteiger partial charge in [-0.15, -0.1) is 0 Å². The Kier molecular flexibility index (Phi) is 8.54. The van der Waals surface area contributed by atoms with Gasteiger partial charge in [0.1, 0.15) is 0 Å². The van der Waals surface area contributed by atoms with Gasteiger partial charge in [-0.1, -0.05) is 39.0 Å². The predicted octanol–water partition coefficient (Wildman–Crippen LogP) is 3.91. The summed E-state index contributed by atoms with van der Waals surface area (Å²) in [7, 11) is 0. The van der Waals surface area contributed by atoms with E-state index in [1.165, 1.54) is 32.1 Å². The minimum Gasteiger partial charge on any atom is -0.276 e. The molecule has 0 aliphatic heterocycles. The number of hydrogen-bond donors (Lipinski definition) is 0. The van der Waals surface area contributed by atoms with Crippen LogP contribution >= 0.6 is 11.9 Å². The molecule has 0 rings (SSSR count). The Bertz CT molecular complexity index is 76.0. The second kappa shape index (κ2) is 8.35. The first-order valence-electron chi connectivity index (χ1n) is 4.58. The third-order valence-electron chi connectivity index (χ3n) is 1.87. The number of unbranched alkanes of at least 4 members (excludes halogenated alkanes) is 4. The van der Waals surface area contributed by atoms with Crippen molar-refractivity contribution in [2.75, 3.05) is 0 Å². The maximum Gasteiger partial charge on any atom is 0.0762 e. The quantitative estimate of drug-likeness (QED) is 0.538. The lowest BCUT2D eigenvalue weighted by Crippen LogP contribution is -2.00. The van der Waals surface area contributed by atoms with Crippen LogP contribution in [0.25, 0.3) is 0 Å². The molecule has 0 spiro atoms. The summed E-state index contributed by atoms with van der Waals surface area (Å²) >= 11 is 5.19. The SMILES string of the molecule is CCCCCCCC(C)OCl. The molecular weight excluding hydrogens is 160 g/mol. The maximum absolute atomic E-state index is 5.19. The molecule has 1 nitrogen and oxygen atoms in total. The fourth-order valence-electron chi connectivity index (χ4n) is 1.08. The Morgan fingerprint density at radius 1 is 1.18 bits per heavy atom. The highest BCUT2D eigenvalue weighted by atomic mass is 35.5. The van der Waals surface area contributed by atoms with E-state index in [1.54, 1.807) is 0 Å². The van der Waals surface area contributed by atoms with Crippen molar-refractivity contribution < 1.29 is 4.29 Å². The molecule has 0 N–H and O–H groups in total. The summed E-state index contributed by atoms with van der Waals surface area (Å²) in [5.41, 5.74) is 0. The minimum absolute atomic E-state index is 0.221. The standard InChI is InChI=1S/C9H19ClO/c1-3-4-5-6-7-8-9(2)11-10/h9H,3-8H2,1-2H3. The third kappa shape index (κ3) is 8.15. The van der Waals surface area contributed by atoms with Crippen LogP contribution in [0.15, 0.2) is 0 Å². The fourth-order valence-corrected chi connectivity index (χ4v) is 1.17. The van der Waals surface area contributed by atoms with Gasteiger partial charge in [-0.3, -0.25) is 4.29 Å². The highest BCUT2D eigenvalue weighted by Gasteiger charge is 1.99. The summed E-state index contributed by atoms with van der Waals surface area (Å²) in [6, 6.07) is 0. The molecule has 0 radical (unpaired) electrons. The second-order valence-corrected chi connectivity index (χ2v) is 3.28. The van der Waals surface area contributed by atoms with E-state index in [9.17, 15) is 0 Å². The normalized spacial score (nSPS) is 13.4. The van der Waals surface area contributed by atoms with Gasteiger partial charge in [-0.25, -0.2) is 0 Å². The third-order valence-corrected chi connectivity index (χ3v) is 2.17. The minimum atomic E-state index is 0.221. The summed E-state index contributed by atoms with van der Waals surface area (Å²) in [4.78, 5) is 0. The van der Waals surface area contributed by atoms with Gasteiger partial charge in [-0.2, -0.15) is 0 Å². The smallest absolute Gasteiger partial charge is 0.0762 e. The van der Waals surface area contributed by atoms with E-state index in [-0.39, 0.29) is 6.10 Å². The number of hydrogen-bond acceptors (Lipinski definition) is 1. The van der Waals surface area contributed by atoms with Crippen LogP contribution in [0.5, 0.6) is 0 Å². The molecule has 0 aromatic heterocycles. The predicted molar refractivity (Wildman–Crippen MR) is 49.8 cm³/mol. The van der Waals surface area contributed by atoms with Crippen molar-refractivity contribution in [1.29, 1.82) is 0 Å². The molecule has 0 saturated heterocycles. The van der Waals surface area contributed by atoms with E-state index in [0.29, 0.717) is 0 Å². The van der Waals surface area contributed by atoms with Gasteiger partial charge in [0.15, 0.2) is 0 Å². The molecule has 0 aromatic carbocycles. The van der Waals surface area contributed by atoms with Crippen LogP contribution in [0.3, 0.4) is 0 Å². The van der Waals surface area contributed by atoms with Crippen LogP contribution < -0.4 is 0 Å². The van der Waals surface area contributed by atoms with Crippen molar-refractivity contribution >= 4 is 11.9 Å². The Labute approximate surface area is 75.2 Å². The van der Waals surface area contributed by atoms with Crippen molar-refractivity contribution in [2.45, 2.75) is 58.5 Å². The van der Waals surface area contributed by atoms with Crippen LogP contribution in [-0.2, 0) is 4.29 Å². The summed E-state index contributed by atoms with van der Waals surface area (Å²) in [6.07, 6.45) is 7.89. The molecule has 0 fully saturated rings. The average Bonchev–Trinajstić information content (AvgIpc) is 2.04. The van der Waals surface area contributed by atoms with Crippen molar-refractivity contribution in [3.8, 4) is 0 Å². The zero-order valence-corrected chi connectivity index (χ0v) is 8.36. The lowest BCUT2D eigenvalue weighted by Gasteiger charge is -2.05. The molecule has 1 unspecified atom stereocenters. The zero-order chi connectivity index (χ0) is 8.53. The summed E-state index contributed by atoms with van der Waals surface area (Å²) in [6.45, 7) is 4.23. The lowest BCUT2D eigenvalue weighted by atomic mass is 10.1. The summed E-state index contributed by atoms with van der Waals surface area (Å²) in [5.74, 6) is 0. The molecule has 2 heteroatoms.